The number of carbonyl (C=O) groups is 1. The summed E-state index contributed by atoms with van der Waals surface area (Å²) in [5.74, 6) is 0.593. The van der Waals surface area contributed by atoms with Crippen molar-refractivity contribution in [3.8, 4) is 23.1 Å². The van der Waals surface area contributed by atoms with Gasteiger partial charge in [0.2, 0.25) is 5.95 Å². The molecule has 0 aromatic carbocycles. The van der Waals surface area contributed by atoms with E-state index in [1.54, 1.807) is 38.0 Å². The first-order valence-corrected chi connectivity index (χ1v) is 12.9. The maximum absolute atomic E-state index is 14.4. The molecular weight excluding hydrogens is 531 g/mol. The number of ether oxygens (including phenoxy) is 1. The van der Waals surface area contributed by atoms with Gasteiger partial charge in [-0.25, -0.2) is 23.9 Å². The highest BCUT2D eigenvalue weighted by Crippen LogP contribution is 2.28. The SMILES string of the molecule is COc1cnc(N2CC[C@@H](Nc3cc(-c4cnn5cc(C#N)cnc45)ncc3C(=O)NC[C@@H](F)C(C)(C)O)C2)nc1. The first kappa shape index (κ1) is 27.7. The van der Waals surface area contributed by atoms with Crippen molar-refractivity contribution >= 4 is 23.2 Å². The smallest absolute Gasteiger partial charge is 0.255 e. The third-order valence-corrected chi connectivity index (χ3v) is 6.80. The van der Waals surface area contributed by atoms with Crippen LogP contribution in [0.3, 0.4) is 0 Å². The van der Waals surface area contributed by atoms with Crippen molar-refractivity contribution in [2.75, 3.05) is 37.0 Å². The Kier molecular flexibility index (Phi) is 7.62. The Morgan fingerprint density at radius 3 is 2.73 bits per heavy atom. The minimum atomic E-state index is -1.66. The molecule has 0 unspecified atom stereocenters. The van der Waals surface area contributed by atoms with E-state index < -0.39 is 17.7 Å². The number of hydrogen-bond donors (Lipinski definition) is 3. The molecule has 1 aliphatic heterocycles. The number of halogens is 1. The zero-order valence-corrected chi connectivity index (χ0v) is 22.7. The number of alkyl halides is 1. The van der Waals surface area contributed by atoms with E-state index >= 15 is 0 Å². The summed E-state index contributed by atoms with van der Waals surface area (Å²) in [7, 11) is 1.55. The van der Waals surface area contributed by atoms with Crippen molar-refractivity contribution in [3.05, 3.63) is 54.4 Å². The van der Waals surface area contributed by atoms with Crippen molar-refractivity contribution in [1.82, 2.24) is 34.9 Å². The van der Waals surface area contributed by atoms with Crippen LogP contribution >= 0.6 is 0 Å². The number of fused-ring (bicyclic) bond motifs is 1. The maximum Gasteiger partial charge on any atom is 0.255 e. The van der Waals surface area contributed by atoms with Gasteiger partial charge in [0, 0.05) is 31.5 Å². The Hall–Kier alpha value is -4.90. The van der Waals surface area contributed by atoms with Gasteiger partial charge >= 0.3 is 0 Å². The first-order chi connectivity index (χ1) is 19.7. The third kappa shape index (κ3) is 5.99. The van der Waals surface area contributed by atoms with Crippen LogP contribution in [0.4, 0.5) is 16.0 Å². The molecule has 41 heavy (non-hydrogen) atoms. The number of aromatic nitrogens is 6. The summed E-state index contributed by atoms with van der Waals surface area (Å²) < 4.78 is 21.0. The van der Waals surface area contributed by atoms with Crippen LogP contribution in [0, 0.1) is 11.3 Å². The predicted octanol–water partition coefficient (Wildman–Crippen LogP) is 1.99. The number of methoxy groups -OCH3 is 1. The summed E-state index contributed by atoms with van der Waals surface area (Å²) >= 11 is 0. The van der Waals surface area contributed by atoms with Gasteiger partial charge in [0.15, 0.2) is 11.4 Å². The van der Waals surface area contributed by atoms with Crippen molar-refractivity contribution in [3.63, 3.8) is 0 Å². The lowest BCUT2D eigenvalue weighted by molar-refractivity contribution is -0.00177. The molecule has 0 saturated carbocycles. The normalized spacial score (nSPS) is 15.9. The lowest BCUT2D eigenvalue weighted by Gasteiger charge is -2.23. The van der Waals surface area contributed by atoms with E-state index in [-0.39, 0.29) is 18.2 Å². The summed E-state index contributed by atoms with van der Waals surface area (Å²) in [6, 6.07) is 3.69. The van der Waals surface area contributed by atoms with E-state index in [0.29, 0.717) is 52.9 Å². The number of nitriles is 1. The topological polar surface area (TPSA) is 166 Å². The fourth-order valence-corrected chi connectivity index (χ4v) is 4.40. The van der Waals surface area contributed by atoms with Crippen LogP contribution in [0.1, 0.15) is 36.2 Å². The Balaban J connectivity index is 1.42. The van der Waals surface area contributed by atoms with E-state index in [9.17, 15) is 14.3 Å². The van der Waals surface area contributed by atoms with Gasteiger partial charge < -0.3 is 25.4 Å². The summed E-state index contributed by atoms with van der Waals surface area (Å²) in [4.78, 5) is 32.7. The van der Waals surface area contributed by atoms with Crippen molar-refractivity contribution in [2.45, 2.75) is 38.1 Å². The number of amides is 1. The number of nitrogens with one attached hydrogen (secondary N) is 2. The zero-order chi connectivity index (χ0) is 29.1. The van der Waals surface area contributed by atoms with E-state index in [0.717, 1.165) is 6.42 Å². The molecule has 2 atom stereocenters. The molecule has 5 rings (SSSR count). The van der Waals surface area contributed by atoms with Crippen LogP contribution in [0.5, 0.6) is 5.75 Å². The number of nitrogens with zero attached hydrogens (tertiary/aromatic N) is 8. The van der Waals surface area contributed by atoms with Gasteiger partial charge in [0.25, 0.3) is 5.91 Å². The monoisotopic (exact) mass is 560 g/mol. The number of aliphatic hydroxyl groups is 1. The Labute approximate surface area is 235 Å². The highest BCUT2D eigenvalue weighted by atomic mass is 19.1. The molecule has 1 amide bonds. The largest absolute Gasteiger partial charge is 0.494 e. The average Bonchev–Trinajstić information content (AvgIpc) is 3.62. The van der Waals surface area contributed by atoms with Gasteiger partial charge in [0.1, 0.15) is 12.2 Å². The first-order valence-electron chi connectivity index (χ1n) is 12.9. The molecule has 0 aliphatic carbocycles. The van der Waals surface area contributed by atoms with Crippen LogP contribution < -0.4 is 20.3 Å². The second-order valence-corrected chi connectivity index (χ2v) is 10.2. The average molecular weight is 561 g/mol. The lowest BCUT2D eigenvalue weighted by Crippen LogP contribution is -2.42. The Morgan fingerprint density at radius 2 is 2.02 bits per heavy atom. The van der Waals surface area contributed by atoms with Crippen LogP contribution in [-0.2, 0) is 0 Å². The minimum Gasteiger partial charge on any atom is -0.494 e. The van der Waals surface area contributed by atoms with Gasteiger partial charge in [-0.1, -0.05) is 0 Å². The fraction of sp³-hybridized carbons (Fsp3) is 0.370. The summed E-state index contributed by atoms with van der Waals surface area (Å²) in [5, 5.41) is 29.4. The van der Waals surface area contributed by atoms with E-state index in [4.69, 9.17) is 10.00 Å². The summed E-state index contributed by atoms with van der Waals surface area (Å²) in [6.07, 6.45) is 8.32. The van der Waals surface area contributed by atoms with Gasteiger partial charge in [-0.05, 0) is 26.3 Å². The van der Waals surface area contributed by atoms with Crippen LogP contribution in [0.25, 0.3) is 16.9 Å². The predicted molar refractivity (Wildman–Crippen MR) is 147 cm³/mol. The van der Waals surface area contributed by atoms with Gasteiger partial charge in [0.05, 0.1) is 72.1 Å². The fourth-order valence-electron chi connectivity index (χ4n) is 4.40. The number of anilines is 2. The highest BCUT2D eigenvalue weighted by molar-refractivity contribution is 6.00. The molecule has 5 heterocycles. The molecule has 0 bridgehead atoms. The standard InChI is InChI=1S/C27H29FN10O3/c1-27(2,40)23(28)13-32-25(39)20-11-30-21(19-12-35-38-14-16(7-29)8-31-24(19)38)6-22(20)36-17-4-5-37(15-17)26-33-9-18(41-3)10-34-26/h6,8-12,14,17,23,40H,4-5,13,15H2,1-3H3,(H,30,36)(H,32,39)/t17-,23-/m1/s1. The lowest BCUT2D eigenvalue weighted by atomic mass is 10.0. The molecule has 1 aliphatic rings. The number of rotatable bonds is 9. The van der Waals surface area contributed by atoms with Gasteiger partial charge in [-0.3, -0.25) is 9.78 Å². The second-order valence-electron chi connectivity index (χ2n) is 10.2. The molecule has 0 spiro atoms. The van der Waals surface area contributed by atoms with Crippen molar-refractivity contribution < 1.29 is 19.0 Å². The summed E-state index contributed by atoms with van der Waals surface area (Å²) in [6.45, 7) is 3.59. The second kappa shape index (κ2) is 11.3. The molecular formula is C27H29FN10O3. The Bertz CT molecular complexity index is 1600. The van der Waals surface area contributed by atoms with Crippen LogP contribution in [0.2, 0.25) is 0 Å². The third-order valence-electron chi connectivity index (χ3n) is 6.80. The quantitative estimate of drug-likeness (QED) is 0.274. The summed E-state index contributed by atoms with van der Waals surface area (Å²) in [5.41, 5.74) is 1.07. The van der Waals surface area contributed by atoms with Crippen molar-refractivity contribution in [1.29, 1.82) is 5.26 Å². The molecule has 212 valence electrons. The molecule has 4 aromatic heterocycles. The minimum absolute atomic E-state index is 0.0620. The molecule has 14 heteroatoms. The number of hydrogen-bond acceptors (Lipinski definition) is 11. The molecule has 0 radical (unpaired) electrons. The number of carbonyl (C=O) groups excluding carboxylic acids is 1. The molecule has 1 fully saturated rings. The molecule has 3 N–H and O–H groups in total. The van der Waals surface area contributed by atoms with E-state index in [1.807, 2.05) is 11.0 Å². The molecule has 13 nitrogen and oxygen atoms in total. The molecule has 4 aromatic rings. The van der Waals surface area contributed by atoms with Crippen LogP contribution in [-0.4, -0.2) is 85.1 Å². The maximum atomic E-state index is 14.4. The zero-order valence-electron chi connectivity index (χ0n) is 22.7. The van der Waals surface area contributed by atoms with Gasteiger partial charge in [-0.15, -0.1) is 0 Å². The highest BCUT2D eigenvalue weighted by Gasteiger charge is 2.29. The number of pyridine rings is 1. The van der Waals surface area contributed by atoms with E-state index in [1.165, 1.54) is 30.8 Å². The molecule has 1 saturated heterocycles. The van der Waals surface area contributed by atoms with E-state index in [2.05, 4.69) is 35.7 Å². The van der Waals surface area contributed by atoms with Crippen molar-refractivity contribution in [2.24, 2.45) is 0 Å². The Morgan fingerprint density at radius 1 is 1.24 bits per heavy atom. The van der Waals surface area contributed by atoms with Gasteiger partial charge in [-0.2, -0.15) is 10.4 Å². The van der Waals surface area contributed by atoms with Crippen LogP contribution in [0.15, 0.2) is 43.2 Å².